The van der Waals surface area contributed by atoms with Crippen LogP contribution in [0.15, 0.2) is 73.3 Å². The fourth-order valence-corrected chi connectivity index (χ4v) is 2.98. The van der Waals surface area contributed by atoms with Gasteiger partial charge in [0.2, 0.25) is 0 Å². The second kappa shape index (κ2) is 7.29. The summed E-state index contributed by atoms with van der Waals surface area (Å²) in [5.41, 5.74) is 3.85. The smallest absolute Gasteiger partial charge is 0.319 e. The van der Waals surface area contributed by atoms with Crippen molar-refractivity contribution < 1.29 is 4.79 Å². The van der Waals surface area contributed by atoms with Gasteiger partial charge in [-0.15, -0.1) is 0 Å². The van der Waals surface area contributed by atoms with Gasteiger partial charge in [-0.25, -0.2) is 9.48 Å². The normalized spacial score (nSPS) is 10.7. The highest BCUT2D eigenvalue weighted by molar-refractivity contribution is 6.01. The van der Waals surface area contributed by atoms with Crippen LogP contribution in [0, 0.1) is 6.92 Å². The number of carbonyl (C=O) groups excluding carboxylic acids is 1. The van der Waals surface area contributed by atoms with Crippen LogP contribution in [0.4, 0.5) is 10.5 Å². The van der Waals surface area contributed by atoms with Crippen LogP contribution in [0.3, 0.4) is 0 Å². The molecule has 0 saturated heterocycles. The van der Waals surface area contributed by atoms with E-state index >= 15 is 0 Å². The first-order chi connectivity index (χ1) is 13.2. The largest absolute Gasteiger partial charge is 0.334 e. The molecule has 4 aromatic rings. The highest BCUT2D eigenvalue weighted by Gasteiger charge is 2.07. The third kappa shape index (κ3) is 3.64. The molecule has 134 valence electrons. The summed E-state index contributed by atoms with van der Waals surface area (Å²) in [6, 6.07) is 15.4. The second-order valence-corrected chi connectivity index (χ2v) is 6.29. The molecule has 6 nitrogen and oxygen atoms in total. The van der Waals surface area contributed by atoms with E-state index in [0.29, 0.717) is 6.54 Å². The van der Waals surface area contributed by atoms with Gasteiger partial charge in [0.15, 0.2) is 0 Å². The molecule has 2 amide bonds. The van der Waals surface area contributed by atoms with Crippen molar-refractivity contribution in [2.75, 3.05) is 5.32 Å². The summed E-state index contributed by atoms with van der Waals surface area (Å²) in [5.74, 6) is 0. The number of nitrogens with one attached hydrogen (secondary N) is 2. The third-order valence-electron chi connectivity index (χ3n) is 4.38. The summed E-state index contributed by atoms with van der Waals surface area (Å²) in [6.45, 7) is 2.44. The van der Waals surface area contributed by atoms with E-state index in [4.69, 9.17) is 0 Å². The van der Waals surface area contributed by atoms with Crippen molar-refractivity contribution in [3.05, 3.63) is 84.4 Å². The molecule has 2 aromatic carbocycles. The molecule has 0 radical (unpaired) electrons. The van der Waals surface area contributed by atoms with E-state index in [2.05, 4.69) is 20.7 Å². The number of amides is 2. The molecule has 27 heavy (non-hydrogen) atoms. The number of rotatable bonds is 4. The Hall–Kier alpha value is -3.67. The Kier molecular flexibility index (Phi) is 4.53. The molecule has 0 spiro atoms. The molecule has 0 saturated carbocycles. The predicted octanol–water partition coefficient (Wildman–Crippen LogP) is 4.05. The fourth-order valence-electron chi connectivity index (χ4n) is 2.98. The second-order valence-electron chi connectivity index (χ2n) is 6.29. The van der Waals surface area contributed by atoms with E-state index in [1.807, 2.05) is 66.3 Å². The molecule has 0 bridgehead atoms. The molecular formula is C21H19N5O. The summed E-state index contributed by atoms with van der Waals surface area (Å²) >= 11 is 0. The number of hydrogen-bond acceptors (Lipinski definition) is 3. The lowest BCUT2D eigenvalue weighted by Crippen LogP contribution is -2.28. The molecular weight excluding hydrogens is 338 g/mol. The van der Waals surface area contributed by atoms with E-state index < -0.39 is 0 Å². The van der Waals surface area contributed by atoms with Crippen LogP contribution >= 0.6 is 0 Å². The Morgan fingerprint density at radius 1 is 1.07 bits per heavy atom. The summed E-state index contributed by atoms with van der Waals surface area (Å²) in [5, 5.41) is 12.1. The Morgan fingerprint density at radius 3 is 2.85 bits per heavy atom. The van der Waals surface area contributed by atoms with Crippen LogP contribution in [-0.2, 0) is 6.54 Å². The fraction of sp³-hybridized carbons (Fsp3) is 0.0952. The van der Waals surface area contributed by atoms with Crippen molar-refractivity contribution in [3.63, 3.8) is 0 Å². The predicted molar refractivity (Wildman–Crippen MR) is 106 cm³/mol. The molecule has 0 unspecified atom stereocenters. The number of urea groups is 1. The topological polar surface area (TPSA) is 71.8 Å². The number of aryl methyl sites for hydroxylation is 1. The zero-order valence-electron chi connectivity index (χ0n) is 14.9. The first kappa shape index (κ1) is 16.8. The van der Waals surface area contributed by atoms with Crippen LogP contribution in [0.5, 0.6) is 0 Å². The third-order valence-corrected chi connectivity index (χ3v) is 4.38. The zero-order chi connectivity index (χ0) is 18.6. The molecule has 2 aromatic heterocycles. The maximum Gasteiger partial charge on any atom is 0.319 e. The van der Waals surface area contributed by atoms with Crippen molar-refractivity contribution in [2.24, 2.45) is 0 Å². The van der Waals surface area contributed by atoms with Crippen LogP contribution in [0.25, 0.3) is 16.5 Å². The van der Waals surface area contributed by atoms with E-state index in [9.17, 15) is 4.79 Å². The van der Waals surface area contributed by atoms with Gasteiger partial charge in [0.25, 0.3) is 0 Å². The van der Waals surface area contributed by atoms with Crippen molar-refractivity contribution in [1.29, 1.82) is 0 Å². The number of nitrogens with zero attached hydrogens (tertiary/aromatic N) is 3. The highest BCUT2D eigenvalue weighted by Crippen LogP contribution is 2.22. The monoisotopic (exact) mass is 357 g/mol. The molecule has 2 N–H and O–H groups in total. The summed E-state index contributed by atoms with van der Waals surface area (Å²) in [7, 11) is 0. The summed E-state index contributed by atoms with van der Waals surface area (Å²) in [6.07, 6.45) is 7.17. The molecule has 2 heterocycles. The molecule has 0 aliphatic heterocycles. The number of para-hydroxylation sites is 1. The Morgan fingerprint density at radius 2 is 1.96 bits per heavy atom. The minimum atomic E-state index is -0.261. The number of aromatic nitrogens is 3. The SMILES string of the molecule is Cc1ccccc1-n1cc(CNC(=O)Nc2cccc3cnccc23)cn1. The summed E-state index contributed by atoms with van der Waals surface area (Å²) in [4.78, 5) is 16.4. The maximum absolute atomic E-state index is 12.3. The average molecular weight is 357 g/mol. The van der Waals surface area contributed by atoms with Gasteiger partial charge in [0, 0.05) is 41.5 Å². The lowest BCUT2D eigenvalue weighted by Gasteiger charge is -2.09. The van der Waals surface area contributed by atoms with Crippen molar-refractivity contribution >= 4 is 22.5 Å². The minimum Gasteiger partial charge on any atom is -0.334 e. The van der Waals surface area contributed by atoms with Gasteiger partial charge in [-0.1, -0.05) is 30.3 Å². The first-order valence-electron chi connectivity index (χ1n) is 8.68. The Labute approximate surface area is 156 Å². The molecule has 6 heteroatoms. The van der Waals surface area contributed by atoms with Gasteiger partial charge in [-0.3, -0.25) is 4.98 Å². The number of benzene rings is 2. The standard InChI is InChI=1S/C21H19N5O/c1-15-5-2-3-8-20(15)26-14-16(12-24-26)11-23-21(27)25-19-7-4-6-17-13-22-10-9-18(17)19/h2-10,12-14H,11H2,1H3,(H2,23,25,27). The quantitative estimate of drug-likeness (QED) is 0.579. The molecule has 4 rings (SSSR count). The summed E-state index contributed by atoms with van der Waals surface area (Å²) < 4.78 is 1.82. The van der Waals surface area contributed by atoms with Gasteiger partial charge >= 0.3 is 6.03 Å². The average Bonchev–Trinajstić information content (AvgIpc) is 3.16. The van der Waals surface area contributed by atoms with Crippen molar-refractivity contribution in [3.8, 4) is 5.69 Å². The highest BCUT2D eigenvalue weighted by atomic mass is 16.2. The van der Waals surface area contributed by atoms with Crippen molar-refractivity contribution in [1.82, 2.24) is 20.1 Å². The van der Waals surface area contributed by atoms with Gasteiger partial charge in [0.05, 0.1) is 17.6 Å². The van der Waals surface area contributed by atoms with Crippen LogP contribution in [0.2, 0.25) is 0 Å². The molecule has 0 atom stereocenters. The molecule has 0 aliphatic rings. The van der Waals surface area contributed by atoms with E-state index in [1.165, 1.54) is 0 Å². The van der Waals surface area contributed by atoms with Gasteiger partial charge < -0.3 is 10.6 Å². The number of hydrogen-bond donors (Lipinski definition) is 2. The Bertz CT molecular complexity index is 1100. The van der Waals surface area contributed by atoms with Gasteiger partial charge in [-0.2, -0.15) is 5.10 Å². The first-order valence-corrected chi connectivity index (χ1v) is 8.68. The lowest BCUT2D eigenvalue weighted by molar-refractivity contribution is 0.252. The minimum absolute atomic E-state index is 0.261. The maximum atomic E-state index is 12.3. The van der Waals surface area contributed by atoms with Crippen LogP contribution in [0.1, 0.15) is 11.1 Å². The van der Waals surface area contributed by atoms with Gasteiger partial charge in [-0.05, 0) is 30.7 Å². The molecule has 0 aliphatic carbocycles. The van der Waals surface area contributed by atoms with E-state index in [1.54, 1.807) is 18.6 Å². The Balaban J connectivity index is 1.42. The number of fused-ring (bicyclic) bond motifs is 1. The number of carbonyl (C=O) groups is 1. The molecule has 0 fully saturated rings. The van der Waals surface area contributed by atoms with Crippen LogP contribution in [-0.4, -0.2) is 20.8 Å². The van der Waals surface area contributed by atoms with E-state index in [0.717, 1.165) is 33.3 Å². The van der Waals surface area contributed by atoms with E-state index in [-0.39, 0.29) is 6.03 Å². The van der Waals surface area contributed by atoms with Crippen LogP contribution < -0.4 is 10.6 Å². The van der Waals surface area contributed by atoms with Gasteiger partial charge in [0.1, 0.15) is 0 Å². The lowest BCUT2D eigenvalue weighted by atomic mass is 10.1. The zero-order valence-corrected chi connectivity index (χ0v) is 14.9. The number of anilines is 1. The number of pyridine rings is 1. The van der Waals surface area contributed by atoms with Crippen molar-refractivity contribution in [2.45, 2.75) is 13.5 Å².